The van der Waals surface area contributed by atoms with Crippen LogP contribution in [0.5, 0.6) is 0 Å². The summed E-state index contributed by atoms with van der Waals surface area (Å²) in [6, 6.07) is 46.8. The minimum atomic E-state index is 0.700. The third kappa shape index (κ3) is 7.84. The molecule has 1 aromatic heterocycles. The Hall–Kier alpha value is -6.38. The second-order valence-corrected chi connectivity index (χ2v) is 11.9. The van der Waals surface area contributed by atoms with Crippen molar-refractivity contribution in [1.82, 2.24) is 9.97 Å². The highest BCUT2D eigenvalue weighted by Crippen LogP contribution is 2.31. The first-order valence-electron chi connectivity index (χ1n) is 16.9. The van der Waals surface area contributed by atoms with E-state index in [0.29, 0.717) is 5.82 Å². The molecule has 6 aromatic rings. The summed E-state index contributed by atoms with van der Waals surface area (Å²) < 4.78 is 0. The van der Waals surface area contributed by atoms with E-state index >= 15 is 0 Å². The van der Waals surface area contributed by atoms with Gasteiger partial charge in [0.05, 0.1) is 11.4 Å². The standard InChI is InChI=1S/C48H40N2/c1-5-12-35(13-6-2)37-18-22-39(23-19-37)41-26-30-43(31-27-41)46-34-47(50-48(49-46)45-16-10-9-11-17-45)44-32-28-42(29-33-44)40-24-20-38(21-25-40)36(14-7-3)15-8-4/h5-34H,1,3H2,2,4H3/b13-6-,15-8-,35-12+,36-14+. The SMILES string of the molecule is C=C/C=C(\C=C/C)c1ccc(-c2ccc(-c3cc(-c4ccc(-c5ccc(C(/C=C\C)=C/C=C)cc5)cc4)nc(-c4ccccc4)n3)cc2)cc1. The van der Waals surface area contributed by atoms with Crippen LogP contribution in [0.1, 0.15) is 25.0 Å². The number of hydrogen-bond acceptors (Lipinski definition) is 2. The largest absolute Gasteiger partial charge is 0.228 e. The molecule has 0 N–H and O–H groups in total. The van der Waals surface area contributed by atoms with E-state index in [4.69, 9.17) is 9.97 Å². The summed E-state index contributed by atoms with van der Waals surface area (Å²) in [6.45, 7) is 11.8. The van der Waals surface area contributed by atoms with E-state index in [1.54, 1.807) is 0 Å². The predicted molar refractivity (Wildman–Crippen MR) is 215 cm³/mol. The van der Waals surface area contributed by atoms with E-state index < -0.39 is 0 Å². The van der Waals surface area contributed by atoms with Crippen LogP contribution in [0.2, 0.25) is 0 Å². The smallest absolute Gasteiger partial charge is 0.160 e. The Morgan fingerprint density at radius 2 is 0.800 bits per heavy atom. The van der Waals surface area contributed by atoms with Crippen LogP contribution < -0.4 is 0 Å². The third-order valence-corrected chi connectivity index (χ3v) is 8.51. The van der Waals surface area contributed by atoms with Crippen LogP contribution >= 0.6 is 0 Å². The van der Waals surface area contributed by atoms with Gasteiger partial charge in [0.25, 0.3) is 0 Å². The van der Waals surface area contributed by atoms with Crippen molar-refractivity contribution in [2.24, 2.45) is 0 Å². The molecule has 5 aromatic carbocycles. The molecule has 0 saturated carbocycles. The van der Waals surface area contributed by atoms with Gasteiger partial charge < -0.3 is 0 Å². The molecule has 0 amide bonds. The number of hydrogen-bond donors (Lipinski definition) is 0. The molecule has 0 saturated heterocycles. The highest BCUT2D eigenvalue weighted by atomic mass is 14.9. The molecule has 2 heteroatoms. The number of aromatic nitrogens is 2. The monoisotopic (exact) mass is 644 g/mol. The van der Waals surface area contributed by atoms with Crippen molar-refractivity contribution in [1.29, 1.82) is 0 Å². The van der Waals surface area contributed by atoms with Crippen molar-refractivity contribution >= 4 is 11.1 Å². The van der Waals surface area contributed by atoms with Gasteiger partial charge in [0.15, 0.2) is 5.82 Å². The highest BCUT2D eigenvalue weighted by molar-refractivity contribution is 5.80. The van der Waals surface area contributed by atoms with Gasteiger partial charge in [-0.15, -0.1) is 0 Å². The molecule has 0 spiro atoms. The van der Waals surface area contributed by atoms with Crippen LogP contribution in [0.4, 0.5) is 0 Å². The quantitative estimate of drug-likeness (QED) is 0.131. The predicted octanol–water partition coefficient (Wildman–Crippen LogP) is 13.1. The highest BCUT2D eigenvalue weighted by Gasteiger charge is 2.12. The zero-order chi connectivity index (χ0) is 34.7. The minimum absolute atomic E-state index is 0.700. The van der Waals surface area contributed by atoms with Gasteiger partial charge in [0.2, 0.25) is 0 Å². The Morgan fingerprint density at radius 1 is 0.440 bits per heavy atom. The van der Waals surface area contributed by atoms with Crippen molar-refractivity contribution < 1.29 is 0 Å². The van der Waals surface area contributed by atoms with Gasteiger partial charge in [-0.3, -0.25) is 0 Å². The minimum Gasteiger partial charge on any atom is -0.228 e. The van der Waals surface area contributed by atoms with Crippen LogP contribution in [0.25, 0.3) is 67.3 Å². The Bertz CT molecular complexity index is 2060. The lowest BCUT2D eigenvalue weighted by Gasteiger charge is -2.11. The van der Waals surface area contributed by atoms with Gasteiger partial charge in [-0.1, -0.05) is 189 Å². The van der Waals surface area contributed by atoms with Crippen LogP contribution in [-0.4, -0.2) is 9.97 Å². The molecule has 6 rings (SSSR count). The van der Waals surface area contributed by atoms with Gasteiger partial charge in [0.1, 0.15) is 0 Å². The normalized spacial score (nSPS) is 12.0. The number of nitrogens with zero attached hydrogens (tertiary/aromatic N) is 2. The molecule has 0 aliphatic heterocycles. The summed E-state index contributed by atoms with van der Waals surface area (Å²) in [5, 5.41) is 0. The summed E-state index contributed by atoms with van der Waals surface area (Å²) >= 11 is 0. The summed E-state index contributed by atoms with van der Waals surface area (Å²) in [5.41, 5.74) is 14.0. The van der Waals surface area contributed by atoms with E-state index in [-0.39, 0.29) is 0 Å². The number of benzene rings is 5. The lowest BCUT2D eigenvalue weighted by atomic mass is 9.97. The maximum Gasteiger partial charge on any atom is 0.160 e. The second kappa shape index (κ2) is 16.1. The fourth-order valence-corrected chi connectivity index (χ4v) is 5.95. The zero-order valence-electron chi connectivity index (χ0n) is 28.6. The molecule has 0 aliphatic rings. The molecule has 1 heterocycles. The van der Waals surface area contributed by atoms with E-state index in [9.17, 15) is 0 Å². The summed E-state index contributed by atoms with van der Waals surface area (Å²) in [7, 11) is 0. The second-order valence-electron chi connectivity index (χ2n) is 11.9. The molecule has 0 radical (unpaired) electrons. The Kier molecular flexibility index (Phi) is 10.8. The number of allylic oxidation sites excluding steroid dienone is 10. The van der Waals surface area contributed by atoms with Crippen molar-refractivity contribution in [2.75, 3.05) is 0 Å². The molecule has 2 nitrogen and oxygen atoms in total. The maximum absolute atomic E-state index is 5.03. The number of rotatable bonds is 11. The molecule has 0 unspecified atom stereocenters. The Morgan fingerprint density at radius 3 is 1.16 bits per heavy atom. The van der Waals surface area contributed by atoms with E-state index in [0.717, 1.165) is 72.6 Å². The lowest BCUT2D eigenvalue weighted by molar-refractivity contribution is 1.18. The average Bonchev–Trinajstić information content (AvgIpc) is 3.18. The molecule has 0 fully saturated rings. The fourth-order valence-electron chi connectivity index (χ4n) is 5.95. The zero-order valence-corrected chi connectivity index (χ0v) is 28.6. The van der Waals surface area contributed by atoms with Crippen molar-refractivity contribution in [2.45, 2.75) is 13.8 Å². The molecule has 0 bridgehead atoms. The Balaban J connectivity index is 1.30. The van der Waals surface area contributed by atoms with Crippen molar-refractivity contribution in [3.63, 3.8) is 0 Å². The van der Waals surface area contributed by atoms with Crippen molar-refractivity contribution in [3.05, 3.63) is 206 Å². The van der Waals surface area contributed by atoms with E-state index in [1.165, 1.54) is 0 Å². The third-order valence-electron chi connectivity index (χ3n) is 8.51. The molecule has 50 heavy (non-hydrogen) atoms. The maximum atomic E-state index is 5.03. The first-order chi connectivity index (χ1) is 24.6. The van der Waals surface area contributed by atoms with Crippen LogP contribution in [-0.2, 0) is 0 Å². The van der Waals surface area contributed by atoms with Gasteiger partial charge in [-0.2, -0.15) is 0 Å². The van der Waals surface area contributed by atoms with Crippen LogP contribution in [0, 0.1) is 0 Å². The molecule has 242 valence electrons. The summed E-state index contributed by atoms with van der Waals surface area (Å²) in [4.78, 5) is 10.1. The first-order valence-corrected chi connectivity index (χ1v) is 16.9. The lowest BCUT2D eigenvalue weighted by Crippen LogP contribution is -1.96. The molecule has 0 atom stereocenters. The fraction of sp³-hybridized carbons (Fsp3) is 0.0417. The topological polar surface area (TPSA) is 25.8 Å². The van der Waals surface area contributed by atoms with Crippen LogP contribution in [0.15, 0.2) is 195 Å². The molecule has 0 aliphatic carbocycles. The molecular formula is C48H40N2. The summed E-state index contributed by atoms with van der Waals surface area (Å²) in [5.74, 6) is 0.700. The molecular weight excluding hydrogens is 605 g/mol. The van der Waals surface area contributed by atoms with E-state index in [2.05, 4.69) is 141 Å². The van der Waals surface area contributed by atoms with Gasteiger partial charge in [0, 0.05) is 16.7 Å². The van der Waals surface area contributed by atoms with Gasteiger partial charge >= 0.3 is 0 Å². The Labute approximate surface area is 296 Å². The van der Waals surface area contributed by atoms with Crippen molar-refractivity contribution in [3.8, 4) is 56.2 Å². The summed E-state index contributed by atoms with van der Waals surface area (Å²) in [6.07, 6.45) is 16.0. The first kappa shape index (κ1) is 33.5. The average molecular weight is 645 g/mol. The van der Waals surface area contributed by atoms with Gasteiger partial charge in [-0.05, 0) is 64.4 Å². The van der Waals surface area contributed by atoms with Crippen LogP contribution in [0.3, 0.4) is 0 Å². The van der Waals surface area contributed by atoms with Gasteiger partial charge in [-0.25, -0.2) is 9.97 Å². The van der Waals surface area contributed by atoms with E-state index in [1.807, 2.05) is 68.5 Å².